The molecule has 0 aliphatic heterocycles. The number of hydrogen-bond donors (Lipinski definition) is 2. The maximum Gasteiger partial charge on any atom is 0.249 e. The molecule has 0 radical (unpaired) electrons. The van der Waals surface area contributed by atoms with E-state index < -0.39 is 11.6 Å². The van der Waals surface area contributed by atoms with E-state index in [1.54, 1.807) is 31.4 Å². The summed E-state index contributed by atoms with van der Waals surface area (Å²) >= 11 is 0. The number of nitrogens with zero attached hydrogens (tertiary/aromatic N) is 3. The summed E-state index contributed by atoms with van der Waals surface area (Å²) in [6.07, 6.45) is 1.27. The van der Waals surface area contributed by atoms with Crippen LogP contribution in [-0.2, 0) is 0 Å². The van der Waals surface area contributed by atoms with Crippen molar-refractivity contribution in [1.29, 1.82) is 0 Å². The van der Waals surface area contributed by atoms with Crippen molar-refractivity contribution < 1.29 is 13.5 Å². The molecule has 0 unspecified atom stereocenters. The fourth-order valence-electron chi connectivity index (χ4n) is 1.99. The van der Waals surface area contributed by atoms with Gasteiger partial charge < -0.3 is 15.4 Å². The van der Waals surface area contributed by atoms with Gasteiger partial charge in [-0.05, 0) is 24.3 Å². The lowest BCUT2D eigenvalue weighted by molar-refractivity contribution is 0.415. The summed E-state index contributed by atoms with van der Waals surface area (Å²) in [5.41, 5.74) is 0.385. The number of ether oxygens (including phenoxy) is 1. The number of hydrogen-bond acceptors (Lipinski definition) is 6. The smallest absolute Gasteiger partial charge is 0.249 e. The molecule has 1 aromatic heterocycles. The van der Waals surface area contributed by atoms with E-state index in [-0.39, 0.29) is 17.5 Å². The zero-order valence-electron chi connectivity index (χ0n) is 12.6. The van der Waals surface area contributed by atoms with Gasteiger partial charge in [-0.3, -0.25) is 0 Å². The highest BCUT2D eigenvalue weighted by Gasteiger charge is 2.10. The molecule has 0 bridgehead atoms. The molecule has 3 aromatic rings. The second-order valence-corrected chi connectivity index (χ2v) is 4.74. The fraction of sp³-hybridized carbons (Fsp3) is 0.0625. The second-order valence-electron chi connectivity index (χ2n) is 4.74. The Morgan fingerprint density at radius 2 is 1.75 bits per heavy atom. The first-order valence-electron chi connectivity index (χ1n) is 6.97. The molecule has 0 aliphatic carbocycles. The fourth-order valence-corrected chi connectivity index (χ4v) is 1.99. The Morgan fingerprint density at radius 3 is 2.50 bits per heavy atom. The van der Waals surface area contributed by atoms with Gasteiger partial charge in [0, 0.05) is 11.8 Å². The molecular formula is C16H13F2N5O. The molecule has 24 heavy (non-hydrogen) atoms. The third-order valence-corrected chi connectivity index (χ3v) is 3.10. The molecule has 0 fully saturated rings. The monoisotopic (exact) mass is 329 g/mol. The van der Waals surface area contributed by atoms with Crippen LogP contribution in [0.5, 0.6) is 5.75 Å². The summed E-state index contributed by atoms with van der Waals surface area (Å²) in [7, 11) is 1.56. The average Bonchev–Trinajstić information content (AvgIpc) is 2.59. The SMILES string of the molecule is COc1cccc(Nc2nncc(Nc3c(F)cccc3F)n2)c1. The Morgan fingerprint density at radius 1 is 1.00 bits per heavy atom. The Balaban J connectivity index is 1.81. The van der Waals surface area contributed by atoms with Crippen LogP contribution in [0, 0.1) is 11.6 Å². The van der Waals surface area contributed by atoms with Crippen LogP contribution in [0.3, 0.4) is 0 Å². The van der Waals surface area contributed by atoms with Gasteiger partial charge in [0.2, 0.25) is 5.95 Å². The highest BCUT2D eigenvalue weighted by Crippen LogP contribution is 2.23. The summed E-state index contributed by atoms with van der Waals surface area (Å²) in [5, 5.41) is 13.1. The first kappa shape index (κ1) is 15.6. The van der Waals surface area contributed by atoms with Crippen LogP contribution >= 0.6 is 0 Å². The zero-order chi connectivity index (χ0) is 16.9. The number of benzene rings is 2. The van der Waals surface area contributed by atoms with Gasteiger partial charge in [0.25, 0.3) is 0 Å². The van der Waals surface area contributed by atoms with Crippen LogP contribution in [0.2, 0.25) is 0 Å². The Bertz CT molecular complexity index is 839. The predicted molar refractivity (Wildman–Crippen MR) is 85.7 cm³/mol. The van der Waals surface area contributed by atoms with E-state index in [2.05, 4.69) is 25.8 Å². The largest absolute Gasteiger partial charge is 0.497 e. The first-order valence-corrected chi connectivity index (χ1v) is 6.97. The molecule has 8 heteroatoms. The van der Waals surface area contributed by atoms with Gasteiger partial charge in [-0.25, -0.2) is 8.78 Å². The maximum atomic E-state index is 13.7. The lowest BCUT2D eigenvalue weighted by atomic mass is 10.3. The summed E-state index contributed by atoms with van der Waals surface area (Å²) in [6, 6.07) is 10.7. The van der Waals surface area contributed by atoms with Gasteiger partial charge in [0.05, 0.1) is 13.3 Å². The predicted octanol–water partition coefficient (Wildman–Crippen LogP) is 3.65. The highest BCUT2D eigenvalue weighted by molar-refractivity contribution is 5.60. The van der Waals surface area contributed by atoms with E-state index in [1.807, 2.05) is 0 Å². The molecule has 3 rings (SSSR count). The zero-order valence-corrected chi connectivity index (χ0v) is 12.6. The first-order chi connectivity index (χ1) is 11.7. The lowest BCUT2D eigenvalue weighted by Crippen LogP contribution is -2.04. The molecule has 0 atom stereocenters. The number of para-hydroxylation sites is 1. The summed E-state index contributed by atoms with van der Waals surface area (Å²) in [4.78, 5) is 4.13. The standard InChI is InChI=1S/C16H13F2N5O/c1-24-11-5-2-4-10(8-11)20-16-22-14(9-19-23-16)21-15-12(17)6-3-7-13(15)18/h2-9H,1H3,(H2,20,21,22,23). The average molecular weight is 329 g/mol. The van der Waals surface area contributed by atoms with Crippen molar-refractivity contribution in [2.45, 2.75) is 0 Å². The third kappa shape index (κ3) is 3.54. The quantitative estimate of drug-likeness (QED) is 0.744. The van der Waals surface area contributed by atoms with E-state index in [0.717, 1.165) is 12.1 Å². The molecule has 0 amide bonds. The number of halogens is 2. The lowest BCUT2D eigenvalue weighted by Gasteiger charge is -2.09. The van der Waals surface area contributed by atoms with E-state index >= 15 is 0 Å². The van der Waals surface area contributed by atoms with Crippen molar-refractivity contribution in [2.75, 3.05) is 17.7 Å². The van der Waals surface area contributed by atoms with Crippen molar-refractivity contribution >= 4 is 23.1 Å². The Hall–Kier alpha value is -3.29. The molecule has 2 aromatic carbocycles. The number of methoxy groups -OCH3 is 1. The molecule has 1 heterocycles. The van der Waals surface area contributed by atoms with Crippen molar-refractivity contribution in [3.8, 4) is 5.75 Å². The van der Waals surface area contributed by atoms with Crippen LogP contribution in [0.25, 0.3) is 0 Å². The molecule has 0 aliphatic rings. The van der Waals surface area contributed by atoms with Crippen LogP contribution in [0.1, 0.15) is 0 Å². The van der Waals surface area contributed by atoms with Gasteiger partial charge in [-0.15, -0.1) is 5.10 Å². The summed E-state index contributed by atoms with van der Waals surface area (Å²) < 4.78 is 32.5. The highest BCUT2D eigenvalue weighted by atomic mass is 19.1. The number of nitrogens with one attached hydrogen (secondary N) is 2. The van der Waals surface area contributed by atoms with Gasteiger partial charge in [0.15, 0.2) is 5.82 Å². The van der Waals surface area contributed by atoms with Gasteiger partial charge in [-0.2, -0.15) is 10.1 Å². The van der Waals surface area contributed by atoms with Crippen molar-refractivity contribution in [1.82, 2.24) is 15.2 Å². The molecule has 2 N–H and O–H groups in total. The van der Waals surface area contributed by atoms with E-state index in [4.69, 9.17) is 4.74 Å². The Labute approximate surface area is 136 Å². The van der Waals surface area contributed by atoms with E-state index in [0.29, 0.717) is 11.4 Å². The number of anilines is 4. The minimum Gasteiger partial charge on any atom is -0.497 e. The minimum absolute atomic E-state index is 0.152. The normalized spacial score (nSPS) is 10.3. The van der Waals surface area contributed by atoms with Crippen LogP contribution in [0.4, 0.5) is 31.9 Å². The van der Waals surface area contributed by atoms with Gasteiger partial charge in [-0.1, -0.05) is 12.1 Å². The number of rotatable bonds is 5. The van der Waals surface area contributed by atoms with E-state index in [9.17, 15) is 8.78 Å². The molecule has 0 saturated carbocycles. The van der Waals surface area contributed by atoms with Crippen molar-refractivity contribution in [2.24, 2.45) is 0 Å². The molecular weight excluding hydrogens is 316 g/mol. The molecule has 0 spiro atoms. The minimum atomic E-state index is -0.726. The van der Waals surface area contributed by atoms with E-state index in [1.165, 1.54) is 12.3 Å². The second kappa shape index (κ2) is 6.86. The van der Waals surface area contributed by atoms with Gasteiger partial charge in [0.1, 0.15) is 23.1 Å². The number of aromatic nitrogens is 3. The summed E-state index contributed by atoms with van der Waals surface area (Å²) in [5.74, 6) is -0.466. The van der Waals surface area contributed by atoms with Crippen molar-refractivity contribution in [3.05, 3.63) is 60.3 Å². The third-order valence-electron chi connectivity index (χ3n) is 3.10. The molecule has 0 saturated heterocycles. The summed E-state index contributed by atoms with van der Waals surface area (Å²) in [6.45, 7) is 0. The van der Waals surface area contributed by atoms with Crippen LogP contribution in [-0.4, -0.2) is 22.3 Å². The van der Waals surface area contributed by atoms with Crippen molar-refractivity contribution in [3.63, 3.8) is 0 Å². The Kier molecular flexibility index (Phi) is 4.46. The molecule has 6 nitrogen and oxygen atoms in total. The van der Waals surface area contributed by atoms with Crippen LogP contribution in [0.15, 0.2) is 48.7 Å². The van der Waals surface area contributed by atoms with Gasteiger partial charge >= 0.3 is 0 Å². The molecule has 122 valence electrons. The topological polar surface area (TPSA) is 72.0 Å². The maximum absolute atomic E-state index is 13.7. The van der Waals surface area contributed by atoms with Crippen LogP contribution < -0.4 is 15.4 Å².